The Hall–Kier alpha value is -1.06. The molecule has 1 heterocycles. The first kappa shape index (κ1) is 11.4. The molecule has 2 atom stereocenters. The van der Waals surface area contributed by atoms with Crippen LogP contribution in [0, 0.1) is 5.92 Å². The quantitative estimate of drug-likeness (QED) is 0.808. The summed E-state index contributed by atoms with van der Waals surface area (Å²) in [5, 5.41) is 9.56. The minimum absolute atomic E-state index is 0.201. The molecule has 0 saturated carbocycles. The lowest BCUT2D eigenvalue weighted by molar-refractivity contribution is 0.136. The molecular formula is C13H20N2O. The fraction of sp³-hybridized carbons (Fsp3) is 0.538. The van der Waals surface area contributed by atoms with Crippen molar-refractivity contribution in [2.45, 2.75) is 26.0 Å². The summed E-state index contributed by atoms with van der Waals surface area (Å²) in [5.74, 6) is 0.411. The first-order chi connectivity index (χ1) is 7.70. The van der Waals surface area contributed by atoms with Gasteiger partial charge in [-0.05, 0) is 31.0 Å². The van der Waals surface area contributed by atoms with Gasteiger partial charge in [0.15, 0.2) is 0 Å². The van der Waals surface area contributed by atoms with E-state index in [-0.39, 0.29) is 6.10 Å². The van der Waals surface area contributed by atoms with Crippen molar-refractivity contribution < 1.29 is 5.11 Å². The molecule has 0 radical (unpaired) electrons. The van der Waals surface area contributed by atoms with Gasteiger partial charge in [-0.25, -0.2) is 0 Å². The second-order valence-corrected chi connectivity index (χ2v) is 4.61. The normalized spacial score (nSPS) is 22.4. The van der Waals surface area contributed by atoms with E-state index in [0.717, 1.165) is 25.1 Å². The molecule has 1 aromatic carbocycles. The van der Waals surface area contributed by atoms with Gasteiger partial charge in [-0.2, -0.15) is 0 Å². The molecule has 1 aliphatic heterocycles. The van der Waals surface area contributed by atoms with Crippen molar-refractivity contribution in [3.8, 4) is 0 Å². The van der Waals surface area contributed by atoms with Gasteiger partial charge in [0.05, 0.1) is 6.10 Å². The van der Waals surface area contributed by atoms with Crippen molar-refractivity contribution >= 4 is 5.69 Å². The Kier molecular flexibility index (Phi) is 3.46. The maximum Gasteiger partial charge on any atom is 0.0557 e. The highest BCUT2D eigenvalue weighted by molar-refractivity contribution is 5.48. The van der Waals surface area contributed by atoms with E-state index in [1.54, 1.807) is 0 Å². The zero-order valence-electron chi connectivity index (χ0n) is 9.76. The number of nitrogens with zero attached hydrogens (tertiary/aromatic N) is 1. The third-order valence-electron chi connectivity index (χ3n) is 3.44. The molecule has 1 fully saturated rings. The third-order valence-corrected chi connectivity index (χ3v) is 3.44. The molecular weight excluding hydrogens is 200 g/mol. The molecule has 3 nitrogen and oxygen atoms in total. The zero-order valence-corrected chi connectivity index (χ0v) is 9.76. The minimum atomic E-state index is -0.201. The van der Waals surface area contributed by atoms with Crippen LogP contribution in [0.2, 0.25) is 0 Å². The maximum atomic E-state index is 9.56. The molecule has 16 heavy (non-hydrogen) atoms. The zero-order chi connectivity index (χ0) is 11.5. The van der Waals surface area contributed by atoms with Crippen LogP contribution < -0.4 is 10.6 Å². The Labute approximate surface area is 96.9 Å². The van der Waals surface area contributed by atoms with E-state index < -0.39 is 0 Å². The van der Waals surface area contributed by atoms with E-state index in [0.29, 0.717) is 12.5 Å². The molecule has 3 heteroatoms. The molecule has 0 aliphatic carbocycles. The van der Waals surface area contributed by atoms with Crippen LogP contribution in [0.5, 0.6) is 0 Å². The number of anilines is 1. The van der Waals surface area contributed by atoms with Gasteiger partial charge in [0.2, 0.25) is 0 Å². The van der Waals surface area contributed by atoms with Crippen molar-refractivity contribution in [3.63, 3.8) is 0 Å². The molecule has 1 saturated heterocycles. The summed E-state index contributed by atoms with van der Waals surface area (Å²) in [6, 6.07) is 8.38. The minimum Gasteiger partial charge on any atom is -0.393 e. The fourth-order valence-electron chi connectivity index (χ4n) is 2.26. The smallest absolute Gasteiger partial charge is 0.0557 e. The maximum absolute atomic E-state index is 9.56. The summed E-state index contributed by atoms with van der Waals surface area (Å²) in [5.41, 5.74) is 7.97. The Morgan fingerprint density at radius 3 is 2.62 bits per heavy atom. The molecule has 2 rings (SSSR count). The van der Waals surface area contributed by atoms with Crippen LogP contribution in [-0.2, 0) is 6.54 Å². The molecule has 3 N–H and O–H groups in total. The highest BCUT2D eigenvalue weighted by Gasteiger charge is 2.25. The Morgan fingerprint density at radius 1 is 1.44 bits per heavy atom. The molecule has 0 spiro atoms. The monoisotopic (exact) mass is 220 g/mol. The third kappa shape index (κ3) is 2.36. The van der Waals surface area contributed by atoms with Crippen molar-refractivity contribution in [2.24, 2.45) is 11.7 Å². The standard InChI is InChI=1S/C13H20N2O/c1-10(16)12-6-7-15(9-12)13-4-2-11(8-14)3-5-13/h2-5,10,12,16H,6-9,14H2,1H3. The number of aliphatic hydroxyl groups is 1. The van der Waals surface area contributed by atoms with Gasteiger partial charge in [-0.15, -0.1) is 0 Å². The van der Waals surface area contributed by atoms with Gasteiger partial charge < -0.3 is 15.7 Å². The van der Waals surface area contributed by atoms with Crippen LogP contribution in [0.15, 0.2) is 24.3 Å². The number of hydrogen-bond acceptors (Lipinski definition) is 3. The number of benzene rings is 1. The van der Waals surface area contributed by atoms with Crippen molar-refractivity contribution in [1.29, 1.82) is 0 Å². The van der Waals surface area contributed by atoms with Crippen molar-refractivity contribution in [1.82, 2.24) is 0 Å². The first-order valence-electron chi connectivity index (χ1n) is 5.92. The second-order valence-electron chi connectivity index (χ2n) is 4.61. The lowest BCUT2D eigenvalue weighted by atomic mass is 10.0. The number of aliphatic hydroxyl groups excluding tert-OH is 1. The topological polar surface area (TPSA) is 49.5 Å². The van der Waals surface area contributed by atoms with Gasteiger partial charge in [-0.3, -0.25) is 0 Å². The average Bonchev–Trinajstić information content (AvgIpc) is 2.78. The largest absolute Gasteiger partial charge is 0.393 e. The van der Waals surface area contributed by atoms with E-state index in [4.69, 9.17) is 5.73 Å². The molecule has 88 valence electrons. The predicted molar refractivity (Wildman–Crippen MR) is 66.3 cm³/mol. The lowest BCUT2D eigenvalue weighted by Crippen LogP contribution is -2.23. The molecule has 0 amide bonds. The van der Waals surface area contributed by atoms with Crippen LogP contribution in [0.1, 0.15) is 18.9 Å². The SMILES string of the molecule is CC(O)C1CCN(c2ccc(CN)cc2)C1. The average molecular weight is 220 g/mol. The predicted octanol–water partition coefficient (Wildman–Crippen LogP) is 1.35. The molecule has 2 unspecified atom stereocenters. The Balaban J connectivity index is 2.03. The van der Waals surface area contributed by atoms with Gasteiger partial charge in [0, 0.05) is 31.2 Å². The fourth-order valence-corrected chi connectivity index (χ4v) is 2.26. The summed E-state index contributed by atoms with van der Waals surface area (Å²) < 4.78 is 0. The van der Waals surface area contributed by atoms with E-state index in [9.17, 15) is 5.11 Å². The number of hydrogen-bond donors (Lipinski definition) is 2. The van der Waals surface area contributed by atoms with E-state index >= 15 is 0 Å². The van der Waals surface area contributed by atoms with E-state index in [1.807, 2.05) is 6.92 Å². The second kappa shape index (κ2) is 4.85. The Morgan fingerprint density at radius 2 is 2.12 bits per heavy atom. The van der Waals surface area contributed by atoms with Gasteiger partial charge >= 0.3 is 0 Å². The summed E-state index contributed by atoms with van der Waals surface area (Å²) in [4.78, 5) is 2.33. The van der Waals surface area contributed by atoms with Crippen LogP contribution in [-0.4, -0.2) is 24.3 Å². The van der Waals surface area contributed by atoms with Crippen LogP contribution >= 0.6 is 0 Å². The van der Waals surface area contributed by atoms with Gasteiger partial charge in [0.1, 0.15) is 0 Å². The van der Waals surface area contributed by atoms with Gasteiger partial charge in [0.25, 0.3) is 0 Å². The molecule has 0 bridgehead atoms. The van der Waals surface area contributed by atoms with Crippen LogP contribution in [0.4, 0.5) is 5.69 Å². The summed E-state index contributed by atoms with van der Waals surface area (Å²) in [7, 11) is 0. The molecule has 1 aromatic rings. The number of nitrogens with two attached hydrogens (primary N) is 1. The number of rotatable bonds is 3. The highest BCUT2D eigenvalue weighted by atomic mass is 16.3. The Bertz CT molecular complexity index is 334. The van der Waals surface area contributed by atoms with E-state index in [2.05, 4.69) is 29.2 Å². The lowest BCUT2D eigenvalue weighted by Gasteiger charge is -2.19. The van der Waals surface area contributed by atoms with Gasteiger partial charge in [-0.1, -0.05) is 12.1 Å². The highest BCUT2D eigenvalue weighted by Crippen LogP contribution is 2.25. The van der Waals surface area contributed by atoms with E-state index in [1.165, 1.54) is 5.69 Å². The van der Waals surface area contributed by atoms with Crippen LogP contribution in [0.25, 0.3) is 0 Å². The molecule has 1 aliphatic rings. The van der Waals surface area contributed by atoms with Crippen LogP contribution in [0.3, 0.4) is 0 Å². The summed E-state index contributed by atoms with van der Waals surface area (Å²) in [6.07, 6.45) is 0.879. The molecule has 0 aromatic heterocycles. The first-order valence-corrected chi connectivity index (χ1v) is 5.92. The summed E-state index contributed by atoms with van der Waals surface area (Å²) in [6.45, 7) is 4.47. The summed E-state index contributed by atoms with van der Waals surface area (Å²) >= 11 is 0. The van der Waals surface area contributed by atoms with Crippen molar-refractivity contribution in [2.75, 3.05) is 18.0 Å². The van der Waals surface area contributed by atoms with Crippen molar-refractivity contribution in [3.05, 3.63) is 29.8 Å².